The molecule has 0 saturated carbocycles. The molecule has 3 unspecified atom stereocenters. The first kappa shape index (κ1) is 65.6. The molecular formula is C70H77FO16. The molecule has 5 aromatic carbocycles. The number of carbonyl (C=O) groups excluding carboxylic acids is 2. The number of carbonyl (C=O) groups is 5. The lowest BCUT2D eigenvalue weighted by Crippen LogP contribution is -2.27. The van der Waals surface area contributed by atoms with Crippen LogP contribution < -0.4 is 24.6 Å². The van der Waals surface area contributed by atoms with Gasteiger partial charge in [-0.25, -0.2) is 28.4 Å². The summed E-state index contributed by atoms with van der Waals surface area (Å²) in [5, 5.41) is 29.2. The van der Waals surface area contributed by atoms with Crippen molar-refractivity contribution in [3.63, 3.8) is 0 Å². The van der Waals surface area contributed by atoms with Crippen molar-refractivity contribution in [3.05, 3.63) is 201 Å². The van der Waals surface area contributed by atoms with Gasteiger partial charge in [0, 0.05) is 23.9 Å². The molecule has 460 valence electrons. The van der Waals surface area contributed by atoms with Crippen molar-refractivity contribution < 1.29 is 76.5 Å². The second-order valence-electron chi connectivity index (χ2n) is 21.5. The number of para-hydroxylation sites is 1. The highest BCUT2D eigenvalue weighted by Gasteiger charge is 2.24. The van der Waals surface area contributed by atoms with E-state index in [0.717, 1.165) is 68.9 Å². The molecule has 17 heteroatoms. The number of fused-ring (bicyclic) bond motifs is 1. The highest BCUT2D eigenvalue weighted by molar-refractivity contribution is 5.89. The lowest BCUT2D eigenvalue weighted by atomic mass is 9.95. The third-order valence-corrected chi connectivity index (χ3v) is 15.1. The van der Waals surface area contributed by atoms with Gasteiger partial charge in [-0.1, -0.05) is 83.5 Å². The summed E-state index contributed by atoms with van der Waals surface area (Å²) in [7, 11) is 1.28. The molecule has 87 heavy (non-hydrogen) atoms. The first-order valence-corrected chi connectivity index (χ1v) is 29.8. The highest BCUT2D eigenvalue weighted by Crippen LogP contribution is 2.30. The summed E-state index contributed by atoms with van der Waals surface area (Å²) in [6.07, 6.45) is 21.2. The second-order valence-corrected chi connectivity index (χ2v) is 21.5. The SMILES string of the molecule is COC(=O)Cc1cc(=O)oc2cc(OC(CCC3=CCCCC3)C(=O)O)ccc12.O=C(O)C(CCC1=CCCCC1)Oc1ccccc1CCOc1ccc(F)cc1.O=C(OCc1ccccc1)c1ccc(OC(CCC2=CCCCC2)C(=O)O)cc1. The van der Waals surface area contributed by atoms with E-state index in [1.165, 1.54) is 80.2 Å². The molecule has 3 atom stereocenters. The van der Waals surface area contributed by atoms with Gasteiger partial charge in [-0.2, -0.15) is 0 Å². The predicted molar refractivity (Wildman–Crippen MR) is 326 cm³/mol. The smallest absolute Gasteiger partial charge is 0.344 e. The Bertz CT molecular complexity index is 3360. The largest absolute Gasteiger partial charge is 0.493 e. The molecular weight excluding hydrogens is 1120 g/mol. The maximum absolute atomic E-state index is 13.0. The lowest BCUT2D eigenvalue weighted by molar-refractivity contribution is -0.146. The van der Waals surface area contributed by atoms with E-state index in [-0.39, 0.29) is 24.4 Å². The van der Waals surface area contributed by atoms with Crippen molar-refractivity contribution >= 4 is 40.8 Å². The summed E-state index contributed by atoms with van der Waals surface area (Å²) in [6, 6.07) is 35.1. The number of hydrogen-bond donors (Lipinski definition) is 3. The second kappa shape index (κ2) is 34.8. The van der Waals surface area contributed by atoms with Crippen LogP contribution in [-0.4, -0.2) is 77.2 Å². The Labute approximate surface area is 506 Å². The molecule has 0 aliphatic heterocycles. The quantitative estimate of drug-likeness (QED) is 0.0247. The fourth-order valence-electron chi connectivity index (χ4n) is 10.3. The monoisotopic (exact) mass is 1190 g/mol. The van der Waals surface area contributed by atoms with Gasteiger partial charge in [0.05, 0.1) is 25.7 Å². The Morgan fingerprint density at radius 2 is 1.07 bits per heavy atom. The van der Waals surface area contributed by atoms with Gasteiger partial charge >= 0.3 is 35.5 Å². The average molecular weight is 1190 g/mol. The minimum Gasteiger partial charge on any atom is -0.493 e. The zero-order valence-electron chi connectivity index (χ0n) is 49.2. The van der Waals surface area contributed by atoms with Crippen LogP contribution in [0.4, 0.5) is 4.39 Å². The van der Waals surface area contributed by atoms with Crippen molar-refractivity contribution in [1.82, 2.24) is 0 Å². The van der Waals surface area contributed by atoms with Gasteiger partial charge in [-0.3, -0.25) is 4.79 Å². The van der Waals surface area contributed by atoms with Crippen molar-refractivity contribution in [2.24, 2.45) is 0 Å². The summed E-state index contributed by atoms with van der Waals surface area (Å²) < 4.78 is 51.0. The van der Waals surface area contributed by atoms with Crippen LogP contribution in [0.5, 0.6) is 23.0 Å². The van der Waals surface area contributed by atoms with Crippen LogP contribution in [0.1, 0.15) is 143 Å². The van der Waals surface area contributed by atoms with E-state index >= 15 is 0 Å². The molecule has 0 saturated heterocycles. The van der Waals surface area contributed by atoms with E-state index in [0.29, 0.717) is 78.2 Å². The Morgan fingerprint density at radius 3 is 1.61 bits per heavy atom. The molecule has 16 nitrogen and oxygen atoms in total. The van der Waals surface area contributed by atoms with E-state index in [1.807, 2.05) is 48.5 Å². The standard InChI is InChI=1S/C24H27FO4.C24H26O5.C22H24O7/c25-20-11-13-21(14-12-20)28-17-16-19-8-4-5-9-22(19)29-23(24(26)27)15-10-18-6-2-1-3-7-18;25-23(26)22(16-11-18-7-3-1-4-8-18)29-21-14-12-20(13-15-21)24(27)28-17-19-9-5-2-6-10-19;1-27-20(23)11-15-12-21(24)29-19-13-16(8-9-17(15)19)28-18(22(25)26)10-7-14-5-3-2-4-6-14/h4-6,8-9,11-14,23H,1-3,7,10,15-17H2,(H,26,27);2,5-7,9-10,12-15,22H,1,3-4,8,11,16-17H2,(H,25,26);5,8-9,12-13,18H,2-4,6-7,10-11H2,1H3,(H,25,26). The third-order valence-electron chi connectivity index (χ3n) is 15.1. The Morgan fingerprint density at radius 1 is 0.552 bits per heavy atom. The molecule has 3 aliphatic rings. The fourth-order valence-corrected chi connectivity index (χ4v) is 10.3. The first-order chi connectivity index (χ1) is 42.2. The van der Waals surface area contributed by atoms with Crippen LogP contribution in [0.3, 0.4) is 0 Å². The van der Waals surface area contributed by atoms with Crippen molar-refractivity contribution in [3.8, 4) is 23.0 Å². The number of halogens is 1. The van der Waals surface area contributed by atoms with E-state index in [4.69, 9.17) is 28.1 Å². The predicted octanol–water partition coefficient (Wildman–Crippen LogP) is 14.3. The van der Waals surface area contributed by atoms with Crippen molar-refractivity contribution in [2.75, 3.05) is 13.7 Å². The summed E-state index contributed by atoms with van der Waals surface area (Å²) in [5.74, 6) is -2.29. The van der Waals surface area contributed by atoms with E-state index in [2.05, 4.69) is 23.0 Å². The Hall–Kier alpha value is -8.99. The summed E-state index contributed by atoms with van der Waals surface area (Å²) in [5.41, 5.74) is 6.25. The molecule has 1 aromatic heterocycles. The summed E-state index contributed by atoms with van der Waals surface area (Å²) in [6.45, 7) is 0.589. The molecule has 9 rings (SSSR count). The highest BCUT2D eigenvalue weighted by atomic mass is 19.1. The number of carboxylic acids is 3. The van der Waals surface area contributed by atoms with Crippen LogP contribution in [0.25, 0.3) is 11.0 Å². The Balaban J connectivity index is 0.000000186. The normalized spacial score (nSPS) is 14.7. The molecule has 0 fully saturated rings. The van der Waals surface area contributed by atoms with Crippen molar-refractivity contribution in [2.45, 2.75) is 153 Å². The molecule has 0 bridgehead atoms. The Kier molecular flexibility index (Phi) is 26.2. The zero-order chi connectivity index (χ0) is 61.8. The van der Waals surface area contributed by atoms with Crippen molar-refractivity contribution in [1.29, 1.82) is 0 Å². The van der Waals surface area contributed by atoms with Crippen LogP contribution in [0, 0.1) is 5.82 Å². The van der Waals surface area contributed by atoms with Gasteiger partial charge in [0.25, 0.3) is 0 Å². The van der Waals surface area contributed by atoms with Gasteiger partial charge in [-0.05, 0) is 199 Å². The number of hydrogen-bond acceptors (Lipinski definition) is 13. The maximum atomic E-state index is 13.0. The van der Waals surface area contributed by atoms with Crippen LogP contribution in [0.2, 0.25) is 0 Å². The van der Waals surface area contributed by atoms with Gasteiger partial charge < -0.3 is 48.2 Å². The molecule has 0 amide bonds. The minimum atomic E-state index is -1.04. The number of aliphatic carboxylic acids is 3. The number of benzene rings is 5. The fraction of sp³-hybridized carbons (Fsp3) is 0.371. The summed E-state index contributed by atoms with van der Waals surface area (Å²) >= 11 is 0. The summed E-state index contributed by atoms with van der Waals surface area (Å²) in [4.78, 5) is 70.5. The van der Waals surface area contributed by atoms with Gasteiger partial charge in [0.2, 0.25) is 0 Å². The van der Waals surface area contributed by atoms with Crippen LogP contribution in [0.15, 0.2) is 172 Å². The molecule has 0 radical (unpaired) electrons. The minimum absolute atomic E-state index is 0.0638. The average Bonchev–Trinajstić information content (AvgIpc) is 3.73. The maximum Gasteiger partial charge on any atom is 0.344 e. The topological polar surface area (TPSA) is 232 Å². The van der Waals surface area contributed by atoms with Crippen LogP contribution >= 0.6 is 0 Å². The molecule has 6 aromatic rings. The number of esters is 2. The number of ether oxygens (including phenoxy) is 6. The first-order valence-electron chi connectivity index (χ1n) is 29.8. The molecule has 1 heterocycles. The number of methoxy groups -OCH3 is 1. The third kappa shape index (κ3) is 22.4. The van der Waals surface area contributed by atoms with Gasteiger partial charge in [-0.15, -0.1) is 0 Å². The lowest BCUT2D eigenvalue weighted by Gasteiger charge is -2.19. The molecule has 3 N–H and O–H groups in total. The number of allylic oxidation sites excluding steroid dienone is 6. The zero-order valence-corrected chi connectivity index (χ0v) is 49.2. The van der Waals surface area contributed by atoms with Gasteiger partial charge in [0.15, 0.2) is 18.3 Å². The van der Waals surface area contributed by atoms with E-state index < -0.39 is 53.8 Å². The van der Waals surface area contributed by atoms with E-state index in [1.54, 1.807) is 54.6 Å². The van der Waals surface area contributed by atoms with Gasteiger partial charge in [0.1, 0.15) is 41.0 Å². The molecule has 3 aliphatic carbocycles. The number of rotatable bonds is 27. The number of carboxylic acid groups (broad SMARTS) is 3. The van der Waals surface area contributed by atoms with E-state index in [9.17, 15) is 48.5 Å². The van der Waals surface area contributed by atoms with Crippen LogP contribution in [-0.2, 0) is 48.1 Å². The molecule has 0 spiro atoms.